The van der Waals surface area contributed by atoms with Gasteiger partial charge in [-0.3, -0.25) is 14.4 Å². The molecule has 1 aliphatic heterocycles. The standard InChI is InChI=1S/C21H21BrN2O3/c1-2-19(25)23-11-13-24(14-12-23)21(27)18-6-4-3-5-17(18)20(26)15-7-9-16(22)10-8-15/h3-10H,2,11-14H2,1H3. The fraction of sp³-hybridized carbons (Fsp3) is 0.286. The van der Waals surface area contributed by atoms with Gasteiger partial charge in [-0.25, -0.2) is 0 Å². The number of carbonyl (C=O) groups excluding carboxylic acids is 3. The van der Waals surface area contributed by atoms with Gasteiger partial charge in [-0.2, -0.15) is 0 Å². The predicted octanol–water partition coefficient (Wildman–Crippen LogP) is 3.37. The molecule has 0 saturated carbocycles. The van der Waals surface area contributed by atoms with Crippen molar-refractivity contribution in [2.24, 2.45) is 0 Å². The maximum Gasteiger partial charge on any atom is 0.254 e. The van der Waals surface area contributed by atoms with E-state index in [1.54, 1.807) is 46.2 Å². The van der Waals surface area contributed by atoms with Crippen molar-refractivity contribution in [2.45, 2.75) is 13.3 Å². The third-order valence-electron chi connectivity index (χ3n) is 4.73. The van der Waals surface area contributed by atoms with E-state index in [0.717, 1.165) is 4.47 Å². The smallest absolute Gasteiger partial charge is 0.254 e. The molecule has 0 radical (unpaired) electrons. The Morgan fingerprint density at radius 3 is 2.00 bits per heavy atom. The van der Waals surface area contributed by atoms with Gasteiger partial charge in [0.1, 0.15) is 0 Å². The Morgan fingerprint density at radius 2 is 1.41 bits per heavy atom. The summed E-state index contributed by atoms with van der Waals surface area (Å²) in [5, 5.41) is 0. The molecule has 2 amide bonds. The average molecular weight is 429 g/mol. The van der Waals surface area contributed by atoms with Crippen LogP contribution < -0.4 is 0 Å². The molecule has 0 N–H and O–H groups in total. The number of hydrogen-bond acceptors (Lipinski definition) is 3. The molecule has 2 aromatic carbocycles. The van der Waals surface area contributed by atoms with Crippen LogP contribution in [-0.2, 0) is 4.79 Å². The monoisotopic (exact) mass is 428 g/mol. The number of nitrogens with zero attached hydrogens (tertiary/aromatic N) is 2. The Morgan fingerprint density at radius 1 is 0.852 bits per heavy atom. The minimum atomic E-state index is -0.175. The van der Waals surface area contributed by atoms with Crippen LogP contribution in [0, 0.1) is 0 Å². The normalized spacial score (nSPS) is 14.1. The SMILES string of the molecule is CCC(=O)N1CCN(C(=O)c2ccccc2C(=O)c2ccc(Br)cc2)CC1. The molecular formula is C21H21BrN2O3. The Bertz CT molecular complexity index is 856. The van der Waals surface area contributed by atoms with E-state index in [1.165, 1.54) is 0 Å². The maximum atomic E-state index is 13.0. The van der Waals surface area contributed by atoms with Crippen LogP contribution in [0.15, 0.2) is 53.0 Å². The number of ketones is 1. The molecule has 1 saturated heterocycles. The van der Waals surface area contributed by atoms with Crippen LogP contribution in [0.2, 0.25) is 0 Å². The molecule has 2 aromatic rings. The number of benzene rings is 2. The molecule has 0 aliphatic carbocycles. The van der Waals surface area contributed by atoms with Crippen molar-refractivity contribution < 1.29 is 14.4 Å². The van der Waals surface area contributed by atoms with Crippen LogP contribution in [0.4, 0.5) is 0 Å². The first-order valence-corrected chi connectivity index (χ1v) is 9.77. The zero-order valence-corrected chi connectivity index (χ0v) is 16.7. The lowest BCUT2D eigenvalue weighted by Gasteiger charge is -2.35. The topological polar surface area (TPSA) is 57.7 Å². The van der Waals surface area contributed by atoms with Crippen molar-refractivity contribution in [2.75, 3.05) is 26.2 Å². The highest BCUT2D eigenvalue weighted by Gasteiger charge is 2.26. The van der Waals surface area contributed by atoms with Crippen LogP contribution >= 0.6 is 15.9 Å². The van der Waals surface area contributed by atoms with E-state index in [0.29, 0.717) is 49.3 Å². The Labute approximate surface area is 167 Å². The molecule has 0 spiro atoms. The summed E-state index contributed by atoms with van der Waals surface area (Å²) in [5.41, 5.74) is 1.34. The summed E-state index contributed by atoms with van der Waals surface area (Å²) in [6, 6.07) is 14.0. The third-order valence-corrected chi connectivity index (χ3v) is 5.26. The van der Waals surface area contributed by atoms with Gasteiger partial charge in [0, 0.05) is 48.2 Å². The highest BCUT2D eigenvalue weighted by atomic mass is 79.9. The molecule has 6 heteroatoms. The molecule has 140 valence electrons. The lowest BCUT2D eigenvalue weighted by atomic mass is 9.97. The van der Waals surface area contributed by atoms with Gasteiger partial charge in [-0.05, 0) is 30.3 Å². The first kappa shape index (κ1) is 19.3. The van der Waals surface area contributed by atoms with Crippen LogP contribution in [0.25, 0.3) is 0 Å². The Balaban J connectivity index is 1.79. The van der Waals surface area contributed by atoms with Gasteiger partial charge in [-0.1, -0.05) is 41.1 Å². The number of carbonyl (C=O) groups is 3. The minimum Gasteiger partial charge on any atom is -0.339 e. The molecule has 5 nitrogen and oxygen atoms in total. The molecule has 1 heterocycles. The minimum absolute atomic E-state index is 0.105. The lowest BCUT2D eigenvalue weighted by Crippen LogP contribution is -2.50. The van der Waals surface area contributed by atoms with E-state index in [4.69, 9.17) is 0 Å². The first-order valence-electron chi connectivity index (χ1n) is 8.97. The van der Waals surface area contributed by atoms with E-state index in [1.807, 2.05) is 19.1 Å². The van der Waals surface area contributed by atoms with Gasteiger partial charge in [0.05, 0.1) is 5.56 Å². The maximum absolute atomic E-state index is 13.0. The number of piperazine rings is 1. The summed E-state index contributed by atoms with van der Waals surface area (Å²) in [6.07, 6.45) is 0.471. The molecule has 3 rings (SSSR count). The fourth-order valence-electron chi connectivity index (χ4n) is 3.18. The van der Waals surface area contributed by atoms with Gasteiger partial charge < -0.3 is 9.80 Å². The summed E-state index contributed by atoms with van der Waals surface area (Å²) >= 11 is 3.36. The number of rotatable bonds is 4. The largest absolute Gasteiger partial charge is 0.339 e. The average Bonchev–Trinajstić information content (AvgIpc) is 2.73. The molecule has 0 atom stereocenters. The summed E-state index contributed by atoms with van der Waals surface area (Å²) in [5.74, 6) is -0.237. The van der Waals surface area contributed by atoms with Gasteiger partial charge in [0.2, 0.25) is 5.91 Å². The second kappa shape index (κ2) is 8.48. The van der Waals surface area contributed by atoms with E-state index in [2.05, 4.69) is 15.9 Å². The molecule has 0 bridgehead atoms. The van der Waals surface area contributed by atoms with Crippen molar-refractivity contribution in [3.05, 3.63) is 69.7 Å². The van der Waals surface area contributed by atoms with Crippen molar-refractivity contribution in [1.82, 2.24) is 9.80 Å². The van der Waals surface area contributed by atoms with Crippen LogP contribution in [0.3, 0.4) is 0 Å². The lowest BCUT2D eigenvalue weighted by molar-refractivity contribution is -0.132. The Hall–Kier alpha value is -2.47. The van der Waals surface area contributed by atoms with Gasteiger partial charge in [-0.15, -0.1) is 0 Å². The Kier molecular flexibility index (Phi) is 6.06. The summed E-state index contributed by atoms with van der Waals surface area (Å²) < 4.78 is 0.892. The second-order valence-electron chi connectivity index (χ2n) is 6.41. The van der Waals surface area contributed by atoms with Crippen LogP contribution in [0.1, 0.15) is 39.6 Å². The third kappa shape index (κ3) is 4.27. The van der Waals surface area contributed by atoms with Crippen molar-refractivity contribution in [1.29, 1.82) is 0 Å². The quantitative estimate of drug-likeness (QED) is 0.701. The molecule has 0 aromatic heterocycles. The van der Waals surface area contributed by atoms with Crippen LogP contribution in [0.5, 0.6) is 0 Å². The summed E-state index contributed by atoms with van der Waals surface area (Å²) in [6.45, 7) is 3.85. The van der Waals surface area contributed by atoms with Crippen LogP contribution in [-0.4, -0.2) is 53.6 Å². The molecule has 1 aliphatic rings. The predicted molar refractivity (Wildman–Crippen MR) is 107 cm³/mol. The summed E-state index contributed by atoms with van der Waals surface area (Å²) in [4.78, 5) is 41.2. The number of hydrogen-bond donors (Lipinski definition) is 0. The first-order chi connectivity index (χ1) is 13.0. The fourth-order valence-corrected chi connectivity index (χ4v) is 3.44. The molecule has 27 heavy (non-hydrogen) atoms. The molecule has 0 unspecified atom stereocenters. The highest BCUT2D eigenvalue weighted by molar-refractivity contribution is 9.10. The molecular weight excluding hydrogens is 408 g/mol. The van der Waals surface area contributed by atoms with E-state index >= 15 is 0 Å². The van der Waals surface area contributed by atoms with Crippen molar-refractivity contribution in [3.8, 4) is 0 Å². The molecule has 1 fully saturated rings. The van der Waals surface area contributed by atoms with E-state index in [9.17, 15) is 14.4 Å². The van der Waals surface area contributed by atoms with Crippen molar-refractivity contribution >= 4 is 33.5 Å². The number of amides is 2. The zero-order valence-electron chi connectivity index (χ0n) is 15.2. The van der Waals surface area contributed by atoms with Gasteiger partial charge >= 0.3 is 0 Å². The van der Waals surface area contributed by atoms with Gasteiger partial charge in [0.15, 0.2) is 5.78 Å². The van der Waals surface area contributed by atoms with Crippen molar-refractivity contribution in [3.63, 3.8) is 0 Å². The van der Waals surface area contributed by atoms with Gasteiger partial charge in [0.25, 0.3) is 5.91 Å². The van der Waals surface area contributed by atoms with E-state index < -0.39 is 0 Å². The number of halogens is 1. The zero-order chi connectivity index (χ0) is 19.4. The second-order valence-corrected chi connectivity index (χ2v) is 7.32. The highest BCUT2D eigenvalue weighted by Crippen LogP contribution is 2.19. The van der Waals surface area contributed by atoms with E-state index in [-0.39, 0.29) is 17.6 Å². The summed E-state index contributed by atoms with van der Waals surface area (Å²) in [7, 11) is 0.